The molecule has 4 atom stereocenters. The van der Waals surface area contributed by atoms with Crippen molar-refractivity contribution in [2.45, 2.75) is 68.6 Å². The number of nitrogens with one attached hydrogen (secondary N) is 2. The number of fused-ring (bicyclic) bond motifs is 1. The van der Waals surface area contributed by atoms with E-state index in [0.717, 1.165) is 30.6 Å². The van der Waals surface area contributed by atoms with Crippen LogP contribution in [0.4, 0.5) is 5.82 Å². The summed E-state index contributed by atoms with van der Waals surface area (Å²) in [6.07, 6.45) is 4.28. The van der Waals surface area contributed by atoms with Crippen molar-refractivity contribution in [2.75, 3.05) is 11.1 Å². The minimum Gasteiger partial charge on any atom is -0.390 e. The number of hydrogen-bond acceptors (Lipinski definition) is 10. The average Bonchev–Trinajstić information content (AvgIpc) is 3.49. The number of aliphatic hydroxyl groups is 2. The Morgan fingerprint density at radius 3 is 2.74 bits per heavy atom. The van der Waals surface area contributed by atoms with Gasteiger partial charge in [0.2, 0.25) is 5.91 Å². The van der Waals surface area contributed by atoms with Gasteiger partial charge in [-0.1, -0.05) is 23.9 Å². The number of hydrogen-bond donors (Lipinski definition) is 4. The molecule has 0 aliphatic heterocycles. The van der Waals surface area contributed by atoms with E-state index in [2.05, 4.69) is 42.8 Å². The molecule has 3 aromatic heterocycles. The van der Waals surface area contributed by atoms with Crippen molar-refractivity contribution in [2.24, 2.45) is 5.92 Å². The van der Waals surface area contributed by atoms with Gasteiger partial charge in [0.1, 0.15) is 6.10 Å². The van der Waals surface area contributed by atoms with E-state index in [0.29, 0.717) is 34.7 Å². The Hall–Kier alpha value is -2.83. The lowest BCUT2D eigenvalue weighted by Gasteiger charge is -2.17. The van der Waals surface area contributed by atoms with Crippen LogP contribution in [0.15, 0.2) is 29.7 Å². The van der Waals surface area contributed by atoms with Crippen LogP contribution in [0.3, 0.4) is 0 Å². The molecule has 180 valence electrons. The standard InChI is InChI=1S/C22H28N8O3S/c1-2-9-34-22-26-19(25-13-3-4-13)16-20(27-22)30(29-28-16)15-10-14(17(31)18(15)32)21(33)24-11-12-5-7-23-8-6-12/h5-8,13-15,17-18,31-32H,2-4,9-11H2,1H3,(H,24,33)(H,25,26,27)/t14-,15+,17+,18-/m1/s1. The number of anilines is 1. The van der Waals surface area contributed by atoms with Crippen molar-refractivity contribution < 1.29 is 15.0 Å². The molecule has 2 fully saturated rings. The first kappa shape index (κ1) is 22.9. The zero-order chi connectivity index (χ0) is 23.7. The SMILES string of the molecule is CCCSc1nc(NC2CC2)c2nnn([C@H]3C[C@@H](C(=O)NCc4ccncc4)[C@H](O)[C@@H]3O)c2n1. The largest absolute Gasteiger partial charge is 0.390 e. The van der Waals surface area contributed by atoms with Gasteiger partial charge in [0.05, 0.1) is 18.1 Å². The lowest BCUT2D eigenvalue weighted by molar-refractivity contribution is -0.129. The van der Waals surface area contributed by atoms with Gasteiger partial charge >= 0.3 is 0 Å². The molecule has 0 radical (unpaired) electrons. The molecule has 12 heteroatoms. The fourth-order valence-corrected chi connectivity index (χ4v) is 4.84. The van der Waals surface area contributed by atoms with Crippen LogP contribution in [-0.2, 0) is 11.3 Å². The first-order chi connectivity index (χ1) is 16.5. The summed E-state index contributed by atoms with van der Waals surface area (Å²) in [6.45, 7) is 2.41. The lowest BCUT2D eigenvalue weighted by atomic mass is 10.0. The Balaban J connectivity index is 1.38. The molecule has 11 nitrogen and oxygen atoms in total. The van der Waals surface area contributed by atoms with E-state index >= 15 is 0 Å². The van der Waals surface area contributed by atoms with Crippen molar-refractivity contribution in [3.63, 3.8) is 0 Å². The quantitative estimate of drug-likeness (QED) is 0.258. The molecule has 0 unspecified atom stereocenters. The second-order valence-corrected chi connectivity index (χ2v) is 9.85. The number of carbonyl (C=O) groups is 1. The number of thioether (sulfide) groups is 1. The van der Waals surface area contributed by atoms with Crippen LogP contribution in [0, 0.1) is 5.92 Å². The number of pyridine rings is 1. The fraction of sp³-hybridized carbons (Fsp3) is 0.545. The minimum atomic E-state index is -1.22. The maximum absolute atomic E-state index is 12.8. The topological polar surface area (TPSA) is 151 Å². The van der Waals surface area contributed by atoms with Gasteiger partial charge in [0.25, 0.3) is 0 Å². The molecule has 0 aromatic carbocycles. The van der Waals surface area contributed by atoms with Crippen molar-refractivity contribution in [3.8, 4) is 0 Å². The number of aromatic nitrogens is 6. The van der Waals surface area contributed by atoms with Crippen molar-refractivity contribution in [3.05, 3.63) is 30.1 Å². The Morgan fingerprint density at radius 2 is 2.00 bits per heavy atom. The molecule has 4 N–H and O–H groups in total. The van der Waals surface area contributed by atoms with Crippen molar-refractivity contribution >= 4 is 34.7 Å². The van der Waals surface area contributed by atoms with Gasteiger partial charge in [-0.15, -0.1) is 5.10 Å². The molecule has 2 saturated carbocycles. The smallest absolute Gasteiger partial charge is 0.226 e. The molecular formula is C22H28N8O3S. The highest BCUT2D eigenvalue weighted by Gasteiger charge is 2.47. The van der Waals surface area contributed by atoms with E-state index in [9.17, 15) is 15.0 Å². The lowest BCUT2D eigenvalue weighted by Crippen LogP contribution is -2.38. The van der Waals surface area contributed by atoms with Crippen LogP contribution in [-0.4, -0.2) is 70.1 Å². The van der Waals surface area contributed by atoms with E-state index in [1.807, 2.05) is 12.1 Å². The summed E-state index contributed by atoms with van der Waals surface area (Å²) in [5.41, 5.74) is 1.92. The normalized spacial score (nSPS) is 24.4. The van der Waals surface area contributed by atoms with Crippen LogP contribution in [0.5, 0.6) is 0 Å². The van der Waals surface area contributed by atoms with E-state index in [4.69, 9.17) is 0 Å². The monoisotopic (exact) mass is 484 g/mol. The van der Waals surface area contributed by atoms with E-state index in [1.54, 1.807) is 24.2 Å². The third-order valence-corrected chi connectivity index (χ3v) is 7.23. The molecule has 2 aliphatic rings. The zero-order valence-corrected chi connectivity index (χ0v) is 19.6. The van der Waals surface area contributed by atoms with Crippen LogP contribution in [0.25, 0.3) is 11.2 Å². The predicted molar refractivity (Wildman–Crippen MR) is 126 cm³/mol. The predicted octanol–water partition coefficient (Wildman–Crippen LogP) is 1.29. The van der Waals surface area contributed by atoms with Crippen LogP contribution < -0.4 is 10.6 Å². The van der Waals surface area contributed by atoms with Gasteiger partial charge in [-0.3, -0.25) is 9.78 Å². The second-order valence-electron chi connectivity index (χ2n) is 8.79. The van der Waals surface area contributed by atoms with Crippen LogP contribution in [0.2, 0.25) is 0 Å². The molecule has 5 rings (SSSR count). The Bertz CT molecular complexity index is 1160. The number of carbonyl (C=O) groups excluding carboxylic acids is 1. The summed E-state index contributed by atoms with van der Waals surface area (Å²) in [5, 5.41) is 36.9. The number of rotatable bonds is 9. The first-order valence-electron chi connectivity index (χ1n) is 11.6. The number of aliphatic hydroxyl groups excluding tert-OH is 2. The van der Waals surface area contributed by atoms with Crippen LogP contribution in [0.1, 0.15) is 44.2 Å². The molecule has 3 heterocycles. The molecule has 0 spiro atoms. The summed E-state index contributed by atoms with van der Waals surface area (Å²) >= 11 is 1.55. The van der Waals surface area contributed by atoms with E-state index in [1.165, 1.54) is 4.68 Å². The molecular weight excluding hydrogens is 456 g/mol. The van der Waals surface area contributed by atoms with E-state index < -0.39 is 24.2 Å². The maximum atomic E-state index is 12.8. The summed E-state index contributed by atoms with van der Waals surface area (Å²) in [5.74, 6) is 0.415. The Morgan fingerprint density at radius 1 is 1.21 bits per heavy atom. The molecule has 0 saturated heterocycles. The average molecular weight is 485 g/mol. The van der Waals surface area contributed by atoms with Gasteiger partial charge in [0.15, 0.2) is 22.1 Å². The Kier molecular flexibility index (Phi) is 6.61. The fourth-order valence-electron chi connectivity index (χ4n) is 4.15. The van der Waals surface area contributed by atoms with Crippen LogP contribution >= 0.6 is 11.8 Å². The number of amides is 1. The zero-order valence-electron chi connectivity index (χ0n) is 18.8. The first-order valence-corrected chi connectivity index (χ1v) is 12.6. The van der Waals surface area contributed by atoms with Gasteiger partial charge in [-0.05, 0) is 43.4 Å². The summed E-state index contributed by atoms with van der Waals surface area (Å²) < 4.78 is 1.54. The van der Waals surface area contributed by atoms with Crippen molar-refractivity contribution in [1.82, 2.24) is 35.3 Å². The summed E-state index contributed by atoms with van der Waals surface area (Å²) in [7, 11) is 0. The van der Waals surface area contributed by atoms with Gasteiger partial charge in [-0.25, -0.2) is 14.6 Å². The molecule has 2 aliphatic carbocycles. The van der Waals surface area contributed by atoms with Gasteiger partial charge in [-0.2, -0.15) is 0 Å². The van der Waals surface area contributed by atoms with E-state index in [-0.39, 0.29) is 12.3 Å². The molecule has 0 bridgehead atoms. The highest BCUT2D eigenvalue weighted by molar-refractivity contribution is 7.99. The third kappa shape index (κ3) is 4.70. The minimum absolute atomic E-state index is 0.218. The number of nitrogens with zero attached hydrogens (tertiary/aromatic N) is 6. The Labute approximate surface area is 200 Å². The maximum Gasteiger partial charge on any atom is 0.226 e. The summed E-state index contributed by atoms with van der Waals surface area (Å²) in [4.78, 5) is 26.1. The molecule has 3 aromatic rings. The third-order valence-electron chi connectivity index (χ3n) is 6.18. The van der Waals surface area contributed by atoms with Gasteiger partial charge in [0, 0.05) is 30.7 Å². The molecule has 34 heavy (non-hydrogen) atoms. The summed E-state index contributed by atoms with van der Waals surface area (Å²) in [6, 6.07) is 3.36. The highest BCUT2D eigenvalue weighted by atomic mass is 32.2. The van der Waals surface area contributed by atoms with Gasteiger partial charge < -0.3 is 20.8 Å². The molecule has 1 amide bonds. The second kappa shape index (κ2) is 9.80. The van der Waals surface area contributed by atoms with Crippen molar-refractivity contribution in [1.29, 1.82) is 0 Å². The highest BCUT2D eigenvalue weighted by Crippen LogP contribution is 2.37.